The van der Waals surface area contributed by atoms with Gasteiger partial charge >= 0.3 is 0 Å². The molecule has 0 aliphatic carbocycles. The van der Waals surface area contributed by atoms with E-state index in [0.29, 0.717) is 12.5 Å². The zero-order valence-corrected chi connectivity index (χ0v) is 15.6. The molecule has 0 saturated carbocycles. The maximum atomic E-state index is 12.5. The van der Waals surface area contributed by atoms with Crippen molar-refractivity contribution in [3.63, 3.8) is 0 Å². The van der Waals surface area contributed by atoms with Gasteiger partial charge in [0.05, 0.1) is 26.2 Å². The molecule has 0 unspecified atom stereocenters. The van der Waals surface area contributed by atoms with Crippen molar-refractivity contribution in [2.75, 3.05) is 26.8 Å². The van der Waals surface area contributed by atoms with Gasteiger partial charge in [0.2, 0.25) is 5.91 Å². The van der Waals surface area contributed by atoms with Crippen molar-refractivity contribution in [3.8, 4) is 5.75 Å². The maximum Gasteiger partial charge on any atom is 0.224 e. The monoisotopic (exact) mass is 366 g/mol. The summed E-state index contributed by atoms with van der Waals surface area (Å²) in [6, 6.07) is 18.6. The van der Waals surface area contributed by atoms with Crippen LogP contribution in [0.1, 0.15) is 23.7 Å². The third kappa shape index (κ3) is 4.31. The summed E-state index contributed by atoms with van der Waals surface area (Å²) in [6.45, 7) is 2.50. The van der Waals surface area contributed by atoms with Crippen molar-refractivity contribution in [1.29, 1.82) is 0 Å². The number of benzene rings is 2. The first-order chi connectivity index (χ1) is 13.2. The first kappa shape index (κ1) is 18.0. The number of ether oxygens (including phenoxy) is 2. The van der Waals surface area contributed by atoms with Gasteiger partial charge in [0.25, 0.3) is 0 Å². The van der Waals surface area contributed by atoms with Crippen LogP contribution >= 0.6 is 0 Å². The van der Waals surface area contributed by atoms with E-state index in [1.54, 1.807) is 7.11 Å². The Morgan fingerprint density at radius 2 is 2.04 bits per heavy atom. The van der Waals surface area contributed by atoms with Crippen LogP contribution in [0.25, 0.3) is 0 Å². The lowest BCUT2D eigenvalue weighted by atomic mass is 10.1. The SMILES string of the molecule is COc1cccc(CC(=O)N[C@@H]2C[C@H]3CO[C@@H](c4ccccc4)CN3C2)c1. The third-order valence-corrected chi connectivity index (χ3v) is 5.45. The Morgan fingerprint density at radius 1 is 1.19 bits per heavy atom. The number of hydrogen-bond acceptors (Lipinski definition) is 4. The van der Waals surface area contributed by atoms with Gasteiger partial charge in [0.1, 0.15) is 5.75 Å². The molecule has 2 aliphatic heterocycles. The molecule has 142 valence electrons. The van der Waals surface area contributed by atoms with Gasteiger partial charge < -0.3 is 14.8 Å². The molecule has 5 nitrogen and oxygen atoms in total. The van der Waals surface area contributed by atoms with E-state index in [1.807, 2.05) is 30.3 Å². The zero-order valence-electron chi connectivity index (χ0n) is 15.6. The molecule has 2 aliphatic rings. The minimum atomic E-state index is 0.0635. The van der Waals surface area contributed by atoms with Gasteiger partial charge in [-0.2, -0.15) is 0 Å². The largest absolute Gasteiger partial charge is 0.497 e. The molecule has 2 fully saturated rings. The fourth-order valence-corrected chi connectivity index (χ4v) is 4.09. The Morgan fingerprint density at radius 3 is 2.85 bits per heavy atom. The summed E-state index contributed by atoms with van der Waals surface area (Å²) < 4.78 is 11.3. The van der Waals surface area contributed by atoms with E-state index in [9.17, 15) is 4.79 Å². The number of hydrogen-bond donors (Lipinski definition) is 1. The number of morpholine rings is 1. The molecule has 0 radical (unpaired) electrons. The Balaban J connectivity index is 1.31. The second-order valence-corrected chi connectivity index (χ2v) is 7.37. The van der Waals surface area contributed by atoms with Gasteiger partial charge in [0, 0.05) is 25.2 Å². The average molecular weight is 366 g/mol. The number of nitrogens with zero attached hydrogens (tertiary/aromatic N) is 1. The van der Waals surface area contributed by atoms with Crippen LogP contribution in [-0.2, 0) is 16.0 Å². The average Bonchev–Trinajstić information content (AvgIpc) is 3.10. The predicted octanol–water partition coefficient (Wildman–Crippen LogP) is 2.57. The summed E-state index contributed by atoms with van der Waals surface area (Å²) >= 11 is 0. The minimum absolute atomic E-state index is 0.0635. The van der Waals surface area contributed by atoms with Crippen molar-refractivity contribution >= 4 is 5.91 Å². The van der Waals surface area contributed by atoms with Crippen molar-refractivity contribution in [2.45, 2.75) is 31.0 Å². The lowest BCUT2D eigenvalue weighted by molar-refractivity contribution is -0.121. The molecule has 2 heterocycles. The van der Waals surface area contributed by atoms with Crippen molar-refractivity contribution in [2.24, 2.45) is 0 Å². The molecule has 2 aromatic carbocycles. The van der Waals surface area contributed by atoms with Crippen LogP contribution in [0.2, 0.25) is 0 Å². The summed E-state index contributed by atoms with van der Waals surface area (Å²) in [7, 11) is 1.64. The van der Waals surface area contributed by atoms with E-state index in [-0.39, 0.29) is 18.1 Å². The van der Waals surface area contributed by atoms with E-state index < -0.39 is 0 Å². The molecule has 1 amide bonds. The number of carbonyl (C=O) groups is 1. The van der Waals surface area contributed by atoms with Crippen LogP contribution in [0.4, 0.5) is 0 Å². The summed E-state index contributed by atoms with van der Waals surface area (Å²) in [6.07, 6.45) is 1.45. The third-order valence-electron chi connectivity index (χ3n) is 5.45. The maximum absolute atomic E-state index is 12.5. The van der Waals surface area contributed by atoms with Crippen LogP contribution in [-0.4, -0.2) is 49.7 Å². The molecular formula is C22H26N2O3. The molecule has 3 atom stereocenters. The second kappa shape index (κ2) is 8.11. The van der Waals surface area contributed by atoms with E-state index in [1.165, 1.54) is 5.56 Å². The quantitative estimate of drug-likeness (QED) is 0.884. The van der Waals surface area contributed by atoms with E-state index in [4.69, 9.17) is 9.47 Å². The number of nitrogens with one attached hydrogen (secondary N) is 1. The van der Waals surface area contributed by atoms with Gasteiger partial charge in [-0.1, -0.05) is 42.5 Å². The Kier molecular flexibility index (Phi) is 5.41. The van der Waals surface area contributed by atoms with Crippen LogP contribution in [0, 0.1) is 0 Å². The molecule has 0 aromatic heterocycles. The number of amides is 1. The number of fused-ring (bicyclic) bond motifs is 1. The van der Waals surface area contributed by atoms with Crippen LogP contribution in [0.3, 0.4) is 0 Å². The highest BCUT2D eigenvalue weighted by Gasteiger charge is 2.38. The minimum Gasteiger partial charge on any atom is -0.497 e. The van der Waals surface area contributed by atoms with Gasteiger partial charge in [-0.25, -0.2) is 0 Å². The summed E-state index contributed by atoms with van der Waals surface area (Å²) in [5.74, 6) is 0.844. The summed E-state index contributed by atoms with van der Waals surface area (Å²) in [5.41, 5.74) is 2.19. The number of carbonyl (C=O) groups excluding carboxylic acids is 1. The molecule has 27 heavy (non-hydrogen) atoms. The van der Waals surface area contributed by atoms with Crippen LogP contribution in [0.5, 0.6) is 5.75 Å². The fraction of sp³-hybridized carbons (Fsp3) is 0.409. The summed E-state index contributed by atoms with van der Waals surface area (Å²) in [5, 5.41) is 3.20. The second-order valence-electron chi connectivity index (χ2n) is 7.37. The van der Waals surface area contributed by atoms with Crippen molar-refractivity contribution in [3.05, 3.63) is 65.7 Å². The first-order valence-corrected chi connectivity index (χ1v) is 9.54. The van der Waals surface area contributed by atoms with Gasteiger partial charge in [-0.05, 0) is 29.7 Å². The molecular weight excluding hydrogens is 340 g/mol. The molecule has 2 saturated heterocycles. The van der Waals surface area contributed by atoms with Gasteiger partial charge in [0.15, 0.2) is 0 Å². The Hall–Kier alpha value is -2.37. The van der Waals surface area contributed by atoms with Crippen LogP contribution < -0.4 is 10.1 Å². The normalized spacial score (nSPS) is 25.0. The van der Waals surface area contributed by atoms with Crippen molar-refractivity contribution in [1.82, 2.24) is 10.2 Å². The highest BCUT2D eigenvalue weighted by molar-refractivity contribution is 5.79. The Labute approximate surface area is 160 Å². The molecule has 0 bridgehead atoms. The molecule has 1 N–H and O–H groups in total. The predicted molar refractivity (Wildman–Crippen MR) is 104 cm³/mol. The molecule has 0 spiro atoms. The lowest BCUT2D eigenvalue weighted by Gasteiger charge is -2.35. The molecule has 4 rings (SSSR count). The van der Waals surface area contributed by atoms with Gasteiger partial charge in [-0.15, -0.1) is 0 Å². The topological polar surface area (TPSA) is 50.8 Å². The van der Waals surface area contributed by atoms with E-state index in [2.05, 4.69) is 34.5 Å². The van der Waals surface area contributed by atoms with E-state index >= 15 is 0 Å². The molecule has 2 aromatic rings. The lowest BCUT2D eigenvalue weighted by Crippen LogP contribution is -2.43. The highest BCUT2D eigenvalue weighted by atomic mass is 16.5. The smallest absolute Gasteiger partial charge is 0.224 e. The van der Waals surface area contributed by atoms with E-state index in [0.717, 1.165) is 37.4 Å². The number of methoxy groups -OCH3 is 1. The number of rotatable bonds is 5. The van der Waals surface area contributed by atoms with Gasteiger partial charge in [-0.3, -0.25) is 9.69 Å². The highest BCUT2D eigenvalue weighted by Crippen LogP contribution is 2.30. The molecule has 5 heteroatoms. The standard InChI is InChI=1S/C22H26N2O3/c1-26-20-9-5-6-16(10-20)11-22(25)23-18-12-19-15-27-21(14-24(19)13-18)17-7-3-2-4-8-17/h2-10,18-19,21H,11-15H2,1H3,(H,23,25)/t18-,19+,21-/m1/s1. The van der Waals surface area contributed by atoms with Crippen molar-refractivity contribution < 1.29 is 14.3 Å². The first-order valence-electron chi connectivity index (χ1n) is 9.54. The van der Waals surface area contributed by atoms with Crippen LogP contribution in [0.15, 0.2) is 54.6 Å². The fourth-order valence-electron chi connectivity index (χ4n) is 4.09. The Bertz CT molecular complexity index is 780. The summed E-state index contributed by atoms with van der Waals surface area (Å²) in [4.78, 5) is 14.9. The zero-order chi connectivity index (χ0) is 18.6.